The number of alkyl halides is 3. The van der Waals surface area contributed by atoms with Gasteiger partial charge in [-0.2, -0.15) is 13.2 Å². The van der Waals surface area contributed by atoms with Gasteiger partial charge in [-0.3, -0.25) is 4.90 Å². The smallest absolute Gasteiger partial charge is 0.389 e. The second-order valence-electron chi connectivity index (χ2n) is 5.24. The van der Waals surface area contributed by atoms with Gasteiger partial charge in [0, 0.05) is 37.4 Å². The quantitative estimate of drug-likeness (QED) is 0.867. The third-order valence-corrected chi connectivity index (χ3v) is 3.84. The van der Waals surface area contributed by atoms with Crippen molar-refractivity contribution in [3.05, 3.63) is 29.3 Å². The van der Waals surface area contributed by atoms with Crippen molar-refractivity contribution in [2.24, 2.45) is 5.73 Å². The lowest BCUT2D eigenvalue weighted by atomic mass is 10.1. The van der Waals surface area contributed by atoms with Crippen LogP contribution >= 0.6 is 12.2 Å². The zero-order valence-corrected chi connectivity index (χ0v) is 12.6. The molecule has 116 valence electrons. The lowest BCUT2D eigenvalue weighted by molar-refractivity contribution is -0.146. The molecule has 7 heteroatoms. The molecule has 1 aromatic rings. The van der Waals surface area contributed by atoms with E-state index in [1.165, 1.54) is 4.90 Å². The highest BCUT2D eigenvalue weighted by Gasteiger charge is 2.32. The van der Waals surface area contributed by atoms with Gasteiger partial charge in [-0.25, -0.2) is 0 Å². The Morgan fingerprint density at radius 2 is 1.86 bits per heavy atom. The predicted molar refractivity (Wildman–Crippen MR) is 81.8 cm³/mol. The molecule has 0 amide bonds. The van der Waals surface area contributed by atoms with Crippen molar-refractivity contribution in [3.63, 3.8) is 0 Å². The van der Waals surface area contributed by atoms with E-state index in [0.717, 1.165) is 16.8 Å². The lowest BCUT2D eigenvalue weighted by Crippen LogP contribution is -2.49. The fourth-order valence-corrected chi connectivity index (χ4v) is 2.77. The van der Waals surface area contributed by atoms with Crippen LogP contribution in [-0.2, 0) is 0 Å². The molecule has 0 aromatic heterocycles. The van der Waals surface area contributed by atoms with Crippen LogP contribution in [-0.4, -0.2) is 48.8 Å². The number of hydrogen-bond donors (Lipinski definition) is 1. The molecule has 0 unspecified atom stereocenters. The maximum Gasteiger partial charge on any atom is 0.401 e. The van der Waals surface area contributed by atoms with Crippen molar-refractivity contribution in [2.45, 2.75) is 13.1 Å². The molecule has 1 aliphatic heterocycles. The van der Waals surface area contributed by atoms with Crippen LogP contribution in [0.15, 0.2) is 18.2 Å². The summed E-state index contributed by atoms with van der Waals surface area (Å²) in [7, 11) is 0. The van der Waals surface area contributed by atoms with Gasteiger partial charge in [0.2, 0.25) is 0 Å². The largest absolute Gasteiger partial charge is 0.401 e. The van der Waals surface area contributed by atoms with E-state index < -0.39 is 12.7 Å². The number of anilines is 1. The molecule has 2 rings (SSSR count). The summed E-state index contributed by atoms with van der Waals surface area (Å²) in [4.78, 5) is 3.88. The Morgan fingerprint density at radius 1 is 1.24 bits per heavy atom. The van der Waals surface area contributed by atoms with Crippen LogP contribution in [0.1, 0.15) is 11.1 Å². The molecule has 0 bridgehead atoms. The minimum Gasteiger partial charge on any atom is -0.389 e. The Labute approximate surface area is 127 Å². The van der Waals surface area contributed by atoms with E-state index in [0.29, 0.717) is 31.2 Å². The van der Waals surface area contributed by atoms with Crippen molar-refractivity contribution < 1.29 is 13.2 Å². The SMILES string of the molecule is Cc1cc(N2CCN(CC(F)(F)F)CC2)ccc1C(N)=S. The van der Waals surface area contributed by atoms with Crippen LogP contribution < -0.4 is 10.6 Å². The minimum absolute atomic E-state index is 0.356. The fraction of sp³-hybridized carbons (Fsp3) is 0.500. The van der Waals surface area contributed by atoms with Gasteiger partial charge in [0.15, 0.2) is 0 Å². The zero-order valence-electron chi connectivity index (χ0n) is 11.8. The topological polar surface area (TPSA) is 32.5 Å². The molecule has 1 saturated heterocycles. The van der Waals surface area contributed by atoms with Crippen LogP contribution in [0, 0.1) is 6.92 Å². The van der Waals surface area contributed by atoms with Gasteiger partial charge < -0.3 is 10.6 Å². The molecule has 0 aliphatic carbocycles. The van der Waals surface area contributed by atoms with Gasteiger partial charge in [-0.15, -0.1) is 0 Å². The van der Waals surface area contributed by atoms with Gasteiger partial charge in [0.1, 0.15) is 4.99 Å². The first-order valence-electron chi connectivity index (χ1n) is 6.71. The van der Waals surface area contributed by atoms with Crippen LogP contribution in [0.4, 0.5) is 18.9 Å². The molecule has 21 heavy (non-hydrogen) atoms. The second kappa shape index (κ2) is 6.19. The first-order chi connectivity index (χ1) is 9.76. The van der Waals surface area contributed by atoms with Gasteiger partial charge in [-0.1, -0.05) is 12.2 Å². The molecule has 1 aromatic carbocycles. The van der Waals surface area contributed by atoms with Gasteiger partial charge in [0.25, 0.3) is 0 Å². The molecule has 1 aliphatic rings. The number of nitrogens with two attached hydrogens (primary N) is 1. The molecule has 3 nitrogen and oxygen atoms in total. The van der Waals surface area contributed by atoms with Crippen molar-refractivity contribution in [3.8, 4) is 0 Å². The number of piperazine rings is 1. The number of nitrogens with zero attached hydrogens (tertiary/aromatic N) is 2. The third kappa shape index (κ3) is 4.31. The first kappa shape index (κ1) is 16.0. The molecule has 0 atom stereocenters. The summed E-state index contributed by atoms with van der Waals surface area (Å²) in [6, 6.07) is 5.77. The standard InChI is InChI=1S/C14H18F3N3S/c1-10-8-11(2-3-12(10)13(18)21)20-6-4-19(5-7-20)9-14(15,16)17/h2-3,8H,4-7,9H2,1H3,(H2,18,21). The molecule has 2 N–H and O–H groups in total. The van der Waals surface area contributed by atoms with Crippen molar-refractivity contribution >= 4 is 22.9 Å². The number of thiocarbonyl (C=S) groups is 1. The summed E-state index contributed by atoms with van der Waals surface area (Å²) >= 11 is 4.97. The van der Waals surface area contributed by atoms with Gasteiger partial charge >= 0.3 is 6.18 Å². The van der Waals surface area contributed by atoms with Crippen molar-refractivity contribution in [1.82, 2.24) is 4.90 Å². The molecular weight excluding hydrogens is 299 g/mol. The van der Waals surface area contributed by atoms with Crippen molar-refractivity contribution in [1.29, 1.82) is 0 Å². The number of hydrogen-bond acceptors (Lipinski definition) is 3. The molecule has 1 heterocycles. The predicted octanol–water partition coefficient (Wildman–Crippen LogP) is 2.31. The summed E-state index contributed by atoms with van der Waals surface area (Å²) < 4.78 is 37.1. The molecule has 0 radical (unpaired) electrons. The van der Waals surface area contributed by atoms with E-state index in [1.807, 2.05) is 25.1 Å². The number of rotatable bonds is 3. The van der Waals surface area contributed by atoms with E-state index in [4.69, 9.17) is 18.0 Å². The first-order valence-corrected chi connectivity index (χ1v) is 7.11. The Bertz CT molecular complexity index is 523. The number of benzene rings is 1. The number of halogens is 3. The Balaban J connectivity index is 1.99. The van der Waals surface area contributed by atoms with Crippen LogP contribution in [0.3, 0.4) is 0 Å². The van der Waals surface area contributed by atoms with Crippen LogP contribution in [0.2, 0.25) is 0 Å². The summed E-state index contributed by atoms with van der Waals surface area (Å²) in [6.07, 6.45) is -4.13. The average Bonchev–Trinajstić information content (AvgIpc) is 2.37. The Morgan fingerprint density at radius 3 is 2.33 bits per heavy atom. The van der Waals surface area contributed by atoms with Crippen LogP contribution in [0.5, 0.6) is 0 Å². The summed E-state index contributed by atoms with van der Waals surface area (Å²) in [6.45, 7) is 3.09. The number of aryl methyl sites for hydroxylation is 1. The zero-order chi connectivity index (χ0) is 15.6. The van der Waals surface area contributed by atoms with E-state index in [2.05, 4.69) is 4.90 Å². The fourth-order valence-electron chi connectivity index (χ4n) is 2.54. The van der Waals surface area contributed by atoms with Crippen LogP contribution in [0.25, 0.3) is 0 Å². The monoisotopic (exact) mass is 317 g/mol. The second-order valence-corrected chi connectivity index (χ2v) is 5.68. The molecule has 0 saturated carbocycles. The highest BCUT2D eigenvalue weighted by atomic mass is 32.1. The molecule has 0 spiro atoms. The Kier molecular flexibility index (Phi) is 4.73. The van der Waals surface area contributed by atoms with Gasteiger partial charge in [-0.05, 0) is 30.7 Å². The normalized spacial score (nSPS) is 17.0. The summed E-state index contributed by atoms with van der Waals surface area (Å²) in [5, 5.41) is 0. The highest BCUT2D eigenvalue weighted by molar-refractivity contribution is 7.80. The molecular formula is C14H18F3N3S. The summed E-state index contributed by atoms with van der Waals surface area (Å²) in [5.74, 6) is 0. The maximum absolute atomic E-state index is 12.4. The van der Waals surface area contributed by atoms with E-state index in [1.54, 1.807) is 0 Å². The van der Waals surface area contributed by atoms with E-state index >= 15 is 0 Å². The van der Waals surface area contributed by atoms with E-state index in [-0.39, 0.29) is 0 Å². The highest BCUT2D eigenvalue weighted by Crippen LogP contribution is 2.22. The average molecular weight is 317 g/mol. The van der Waals surface area contributed by atoms with Crippen molar-refractivity contribution in [2.75, 3.05) is 37.6 Å². The molecule has 1 fully saturated rings. The van der Waals surface area contributed by atoms with E-state index in [9.17, 15) is 13.2 Å². The minimum atomic E-state index is -4.13. The summed E-state index contributed by atoms with van der Waals surface area (Å²) in [5.41, 5.74) is 8.45. The van der Waals surface area contributed by atoms with Gasteiger partial charge in [0.05, 0.1) is 6.54 Å². The lowest BCUT2D eigenvalue weighted by Gasteiger charge is -2.36. The third-order valence-electron chi connectivity index (χ3n) is 3.62. The Hall–Kier alpha value is -1.34. The maximum atomic E-state index is 12.4.